The Bertz CT molecular complexity index is 279. The second kappa shape index (κ2) is 8.32. The molecule has 0 aliphatic rings. The fourth-order valence-electron chi connectivity index (χ4n) is 1.64. The highest BCUT2D eigenvalue weighted by Gasteiger charge is 2.25. The molecule has 1 atom stereocenters. The Labute approximate surface area is 106 Å². The molecule has 7 nitrogen and oxygen atoms in total. The van der Waals surface area contributed by atoms with Crippen molar-refractivity contribution in [1.82, 2.24) is 10.2 Å². The van der Waals surface area contributed by atoms with Crippen LogP contribution in [0.15, 0.2) is 0 Å². The summed E-state index contributed by atoms with van der Waals surface area (Å²) in [4.78, 5) is 34.8. The molecule has 3 amide bonds. The molecule has 0 spiro atoms. The van der Waals surface area contributed by atoms with Crippen molar-refractivity contribution in [2.75, 3.05) is 13.1 Å². The highest BCUT2D eigenvalue weighted by molar-refractivity contribution is 5.88. The first kappa shape index (κ1) is 16.2. The van der Waals surface area contributed by atoms with Gasteiger partial charge in [-0.05, 0) is 12.8 Å². The lowest BCUT2D eigenvalue weighted by Crippen LogP contribution is -2.51. The van der Waals surface area contributed by atoms with Crippen LogP contribution in [0.3, 0.4) is 0 Å². The zero-order valence-electron chi connectivity index (χ0n) is 10.8. The summed E-state index contributed by atoms with van der Waals surface area (Å²) in [5.41, 5.74) is 5.00. The number of nitrogens with zero attached hydrogens (tertiary/aromatic N) is 1. The van der Waals surface area contributed by atoms with E-state index in [1.165, 1.54) is 4.90 Å². The number of amides is 3. The lowest BCUT2D eigenvalue weighted by molar-refractivity contribution is -0.145. The topological polar surface area (TPSA) is 113 Å². The number of carboxylic acid groups (broad SMARTS) is 1. The monoisotopic (exact) mass is 259 g/mol. The van der Waals surface area contributed by atoms with Gasteiger partial charge in [0, 0.05) is 6.54 Å². The van der Waals surface area contributed by atoms with Gasteiger partial charge in [-0.15, -0.1) is 0 Å². The number of carboxylic acids is 1. The first-order chi connectivity index (χ1) is 8.42. The van der Waals surface area contributed by atoms with Crippen LogP contribution in [0.4, 0.5) is 4.79 Å². The number of nitrogens with one attached hydrogen (secondary N) is 1. The Morgan fingerprint density at radius 2 is 1.89 bits per heavy atom. The number of primary amides is 1. The van der Waals surface area contributed by atoms with Crippen LogP contribution in [-0.4, -0.2) is 47.0 Å². The molecule has 18 heavy (non-hydrogen) atoms. The summed E-state index contributed by atoms with van der Waals surface area (Å²) in [5, 5.41) is 11.1. The summed E-state index contributed by atoms with van der Waals surface area (Å²) < 4.78 is 0. The van der Waals surface area contributed by atoms with Crippen molar-refractivity contribution in [2.24, 2.45) is 5.73 Å². The number of hydrogen-bond acceptors (Lipinski definition) is 3. The second-order valence-electron chi connectivity index (χ2n) is 4.00. The Morgan fingerprint density at radius 3 is 2.28 bits per heavy atom. The van der Waals surface area contributed by atoms with Crippen molar-refractivity contribution in [3.05, 3.63) is 0 Å². The zero-order chi connectivity index (χ0) is 14.1. The maximum atomic E-state index is 12.1. The standard InChI is InChI=1S/C11H21N3O4/c1-3-5-8(13-11(12)18)10(17)14(6-4-2)7-9(15)16/h8H,3-7H2,1-2H3,(H,15,16)(H3,12,13,18)/t8-/m1/s1. The average Bonchev–Trinajstić information content (AvgIpc) is 2.26. The van der Waals surface area contributed by atoms with Crippen molar-refractivity contribution < 1.29 is 19.5 Å². The first-order valence-electron chi connectivity index (χ1n) is 5.98. The fraction of sp³-hybridized carbons (Fsp3) is 0.727. The predicted molar refractivity (Wildman–Crippen MR) is 65.9 cm³/mol. The van der Waals surface area contributed by atoms with Crippen LogP contribution >= 0.6 is 0 Å². The highest BCUT2D eigenvalue weighted by atomic mass is 16.4. The molecule has 0 radical (unpaired) electrons. The summed E-state index contributed by atoms with van der Waals surface area (Å²) in [6, 6.07) is -1.54. The molecule has 7 heteroatoms. The number of carbonyl (C=O) groups excluding carboxylic acids is 2. The van der Waals surface area contributed by atoms with Gasteiger partial charge in [-0.3, -0.25) is 9.59 Å². The van der Waals surface area contributed by atoms with Crippen LogP contribution in [0.5, 0.6) is 0 Å². The molecule has 0 rings (SSSR count). The number of hydrogen-bond donors (Lipinski definition) is 3. The van der Waals surface area contributed by atoms with Gasteiger partial charge in [0.05, 0.1) is 0 Å². The average molecular weight is 259 g/mol. The van der Waals surface area contributed by atoms with E-state index >= 15 is 0 Å². The van der Waals surface area contributed by atoms with Gasteiger partial charge in [0.1, 0.15) is 12.6 Å². The van der Waals surface area contributed by atoms with E-state index in [0.717, 1.165) is 0 Å². The lowest BCUT2D eigenvalue weighted by atomic mass is 10.1. The summed E-state index contributed by atoms with van der Waals surface area (Å²) in [6.45, 7) is 3.68. The highest BCUT2D eigenvalue weighted by Crippen LogP contribution is 2.04. The Morgan fingerprint density at radius 1 is 1.28 bits per heavy atom. The van der Waals surface area contributed by atoms with Gasteiger partial charge in [-0.25, -0.2) is 4.79 Å². The third-order valence-electron chi connectivity index (χ3n) is 2.32. The predicted octanol–water partition coefficient (Wildman–Crippen LogP) is 0.147. The fourth-order valence-corrected chi connectivity index (χ4v) is 1.64. The molecule has 0 aliphatic carbocycles. The maximum Gasteiger partial charge on any atom is 0.323 e. The number of urea groups is 1. The molecule has 0 aliphatic heterocycles. The van der Waals surface area contributed by atoms with Gasteiger partial charge in [0.25, 0.3) is 0 Å². The molecule has 0 saturated heterocycles. The number of rotatable bonds is 8. The molecular weight excluding hydrogens is 238 g/mol. The molecule has 0 aromatic carbocycles. The van der Waals surface area contributed by atoms with E-state index in [0.29, 0.717) is 25.8 Å². The van der Waals surface area contributed by atoms with Crippen LogP contribution < -0.4 is 11.1 Å². The van der Waals surface area contributed by atoms with E-state index in [4.69, 9.17) is 10.8 Å². The van der Waals surface area contributed by atoms with E-state index < -0.39 is 23.9 Å². The molecule has 0 bridgehead atoms. The smallest absolute Gasteiger partial charge is 0.323 e. The number of carbonyl (C=O) groups is 3. The van der Waals surface area contributed by atoms with Crippen LogP contribution in [-0.2, 0) is 9.59 Å². The van der Waals surface area contributed by atoms with Crippen molar-refractivity contribution in [3.63, 3.8) is 0 Å². The summed E-state index contributed by atoms with van der Waals surface area (Å²) in [7, 11) is 0. The van der Waals surface area contributed by atoms with Crippen LogP contribution in [0.1, 0.15) is 33.1 Å². The van der Waals surface area contributed by atoms with Crippen LogP contribution in [0, 0.1) is 0 Å². The quantitative estimate of drug-likeness (QED) is 0.575. The largest absolute Gasteiger partial charge is 0.480 e. The number of aliphatic carboxylic acids is 1. The normalized spacial score (nSPS) is 11.7. The van der Waals surface area contributed by atoms with Gasteiger partial charge in [-0.1, -0.05) is 20.3 Å². The lowest BCUT2D eigenvalue weighted by Gasteiger charge is -2.25. The van der Waals surface area contributed by atoms with E-state index in [1.54, 1.807) is 0 Å². The minimum atomic E-state index is -1.08. The van der Waals surface area contributed by atoms with Crippen molar-refractivity contribution in [3.8, 4) is 0 Å². The SMILES string of the molecule is CCC[C@@H](NC(N)=O)C(=O)N(CCC)CC(=O)O. The molecule has 0 aromatic heterocycles. The Hall–Kier alpha value is -1.79. The van der Waals surface area contributed by atoms with E-state index in [9.17, 15) is 14.4 Å². The van der Waals surface area contributed by atoms with Crippen LogP contribution in [0.25, 0.3) is 0 Å². The van der Waals surface area contributed by atoms with Crippen molar-refractivity contribution >= 4 is 17.9 Å². The summed E-state index contributed by atoms with van der Waals surface area (Å²) >= 11 is 0. The van der Waals surface area contributed by atoms with Gasteiger partial charge in [-0.2, -0.15) is 0 Å². The first-order valence-corrected chi connectivity index (χ1v) is 5.98. The van der Waals surface area contributed by atoms with Crippen molar-refractivity contribution in [1.29, 1.82) is 0 Å². The summed E-state index contributed by atoms with van der Waals surface area (Å²) in [6.07, 6.45) is 1.76. The Kier molecular flexibility index (Phi) is 7.50. The Balaban J connectivity index is 4.74. The minimum absolute atomic E-state index is 0.339. The maximum absolute atomic E-state index is 12.1. The van der Waals surface area contributed by atoms with E-state index in [2.05, 4.69) is 5.32 Å². The molecule has 0 aromatic rings. The molecule has 0 unspecified atom stereocenters. The van der Waals surface area contributed by atoms with Gasteiger partial charge < -0.3 is 21.1 Å². The molecular formula is C11H21N3O4. The van der Waals surface area contributed by atoms with E-state index in [-0.39, 0.29) is 6.54 Å². The van der Waals surface area contributed by atoms with Gasteiger partial charge >= 0.3 is 12.0 Å². The third kappa shape index (κ3) is 6.07. The molecule has 0 fully saturated rings. The summed E-state index contributed by atoms with van der Waals surface area (Å²) in [5.74, 6) is -1.48. The molecule has 104 valence electrons. The van der Waals surface area contributed by atoms with Gasteiger partial charge in [0.15, 0.2) is 0 Å². The third-order valence-corrected chi connectivity index (χ3v) is 2.32. The molecule has 0 saturated carbocycles. The molecule has 4 N–H and O–H groups in total. The number of nitrogens with two attached hydrogens (primary N) is 1. The zero-order valence-corrected chi connectivity index (χ0v) is 10.8. The van der Waals surface area contributed by atoms with Gasteiger partial charge in [0.2, 0.25) is 5.91 Å². The molecule has 0 heterocycles. The van der Waals surface area contributed by atoms with E-state index in [1.807, 2.05) is 13.8 Å². The van der Waals surface area contributed by atoms with Crippen molar-refractivity contribution in [2.45, 2.75) is 39.2 Å². The van der Waals surface area contributed by atoms with Crippen LogP contribution in [0.2, 0.25) is 0 Å². The minimum Gasteiger partial charge on any atom is -0.480 e. The second-order valence-corrected chi connectivity index (χ2v) is 4.00.